The molecule has 2 fully saturated rings. The highest BCUT2D eigenvalue weighted by molar-refractivity contribution is 5.79. The minimum atomic E-state index is 0.316. The largest absolute Gasteiger partial charge is 0.337 e. The molecule has 2 heterocycles. The third-order valence-electron chi connectivity index (χ3n) is 4.00. The molecule has 3 rings (SSSR count). The molecule has 0 bridgehead atoms. The number of hydrogen-bond acceptors (Lipinski definition) is 2. The molecule has 0 spiro atoms. The molecule has 3 nitrogen and oxygen atoms in total. The van der Waals surface area contributed by atoms with Gasteiger partial charge in [-0.15, -0.1) is 0 Å². The van der Waals surface area contributed by atoms with E-state index in [2.05, 4.69) is 41.4 Å². The second-order valence-corrected chi connectivity index (χ2v) is 4.98. The summed E-state index contributed by atoms with van der Waals surface area (Å²) in [7, 11) is 0. The Morgan fingerprint density at radius 2 is 2.18 bits per heavy atom. The van der Waals surface area contributed by atoms with Gasteiger partial charge in [0.2, 0.25) is 5.91 Å². The van der Waals surface area contributed by atoms with Gasteiger partial charge in [0.15, 0.2) is 0 Å². The second kappa shape index (κ2) is 4.15. The summed E-state index contributed by atoms with van der Waals surface area (Å²) in [4.78, 5) is 13.8. The van der Waals surface area contributed by atoms with Crippen LogP contribution in [0.2, 0.25) is 0 Å². The van der Waals surface area contributed by atoms with Crippen molar-refractivity contribution in [1.82, 2.24) is 10.2 Å². The number of carbonyl (C=O) groups is 1. The lowest BCUT2D eigenvalue weighted by molar-refractivity contribution is -0.130. The van der Waals surface area contributed by atoms with Crippen LogP contribution in [0.4, 0.5) is 0 Å². The molecular weight excluding hydrogens is 212 g/mol. The average molecular weight is 230 g/mol. The Labute approximate surface area is 102 Å². The van der Waals surface area contributed by atoms with Gasteiger partial charge >= 0.3 is 0 Å². The van der Waals surface area contributed by atoms with Gasteiger partial charge in [-0.05, 0) is 24.5 Å². The van der Waals surface area contributed by atoms with Gasteiger partial charge in [0.1, 0.15) is 0 Å². The maximum absolute atomic E-state index is 11.8. The maximum Gasteiger partial charge on any atom is 0.223 e. The van der Waals surface area contributed by atoms with Gasteiger partial charge in [-0.2, -0.15) is 0 Å². The van der Waals surface area contributed by atoms with Crippen LogP contribution < -0.4 is 5.32 Å². The third-order valence-corrected chi connectivity index (χ3v) is 4.00. The lowest BCUT2D eigenvalue weighted by atomic mass is 9.92. The van der Waals surface area contributed by atoms with Gasteiger partial charge in [0.25, 0.3) is 0 Å². The standard InChI is InChI=1S/C14H18N2O/c1-10-4-2-3-5-11(10)14-12-6-7-13(17)16(12)9-8-15-14/h2-5,12,14-15H,6-9H2,1H3. The van der Waals surface area contributed by atoms with Crippen molar-refractivity contribution in [3.05, 3.63) is 35.4 Å². The SMILES string of the molecule is Cc1ccccc1C1NCCN2C(=O)CCC12. The van der Waals surface area contributed by atoms with Gasteiger partial charge < -0.3 is 10.2 Å². The molecule has 2 atom stereocenters. The Hall–Kier alpha value is -1.35. The zero-order valence-corrected chi connectivity index (χ0v) is 10.1. The molecule has 0 aromatic heterocycles. The molecule has 2 unspecified atom stereocenters. The van der Waals surface area contributed by atoms with Crippen molar-refractivity contribution < 1.29 is 4.79 Å². The first-order valence-electron chi connectivity index (χ1n) is 6.36. The summed E-state index contributed by atoms with van der Waals surface area (Å²) in [6.07, 6.45) is 1.71. The number of hydrogen-bond donors (Lipinski definition) is 1. The molecule has 2 aliphatic rings. The third kappa shape index (κ3) is 1.75. The van der Waals surface area contributed by atoms with E-state index in [4.69, 9.17) is 0 Å². The first kappa shape index (κ1) is 10.8. The minimum absolute atomic E-state index is 0.316. The van der Waals surface area contributed by atoms with Crippen molar-refractivity contribution in [2.45, 2.75) is 31.8 Å². The predicted octanol–water partition coefficient (Wildman–Crippen LogP) is 1.63. The summed E-state index contributed by atoms with van der Waals surface area (Å²) in [6, 6.07) is 9.15. The highest BCUT2D eigenvalue weighted by Crippen LogP contribution is 2.33. The normalized spacial score (nSPS) is 28.3. The number of rotatable bonds is 1. The van der Waals surface area contributed by atoms with Gasteiger partial charge in [-0.1, -0.05) is 24.3 Å². The van der Waals surface area contributed by atoms with Crippen LogP contribution >= 0.6 is 0 Å². The molecule has 17 heavy (non-hydrogen) atoms. The Bertz CT molecular complexity index is 444. The number of fused-ring (bicyclic) bond motifs is 1. The van der Waals surface area contributed by atoms with E-state index in [0.29, 0.717) is 24.4 Å². The topological polar surface area (TPSA) is 32.3 Å². The maximum atomic E-state index is 11.8. The molecule has 1 aromatic rings. The van der Waals surface area contributed by atoms with Crippen molar-refractivity contribution in [3.63, 3.8) is 0 Å². The van der Waals surface area contributed by atoms with Crippen molar-refractivity contribution in [2.24, 2.45) is 0 Å². The predicted molar refractivity (Wildman–Crippen MR) is 66.7 cm³/mol. The number of nitrogens with zero attached hydrogens (tertiary/aromatic N) is 1. The van der Waals surface area contributed by atoms with Crippen LogP contribution in [-0.2, 0) is 4.79 Å². The molecule has 2 aliphatic heterocycles. The van der Waals surface area contributed by atoms with Crippen molar-refractivity contribution in [3.8, 4) is 0 Å². The summed E-state index contributed by atoms with van der Waals surface area (Å²) in [5, 5.41) is 3.57. The molecule has 0 saturated carbocycles. The molecular formula is C14H18N2O. The van der Waals surface area contributed by atoms with Gasteiger partial charge in [0.05, 0.1) is 12.1 Å². The molecule has 1 amide bonds. The smallest absolute Gasteiger partial charge is 0.223 e. The second-order valence-electron chi connectivity index (χ2n) is 4.98. The summed E-state index contributed by atoms with van der Waals surface area (Å²) >= 11 is 0. The number of piperazine rings is 1. The van der Waals surface area contributed by atoms with Crippen LogP contribution in [0, 0.1) is 6.92 Å². The summed E-state index contributed by atoms with van der Waals surface area (Å²) in [5.41, 5.74) is 2.66. The zero-order valence-electron chi connectivity index (χ0n) is 10.1. The minimum Gasteiger partial charge on any atom is -0.337 e. The highest BCUT2D eigenvalue weighted by atomic mass is 16.2. The van der Waals surface area contributed by atoms with Crippen LogP contribution in [0.5, 0.6) is 0 Å². The van der Waals surface area contributed by atoms with Crippen LogP contribution in [-0.4, -0.2) is 29.9 Å². The number of benzene rings is 1. The Balaban J connectivity index is 1.93. The van der Waals surface area contributed by atoms with E-state index in [0.717, 1.165) is 19.5 Å². The van der Waals surface area contributed by atoms with Gasteiger partial charge in [0, 0.05) is 19.5 Å². The summed E-state index contributed by atoms with van der Waals surface area (Å²) in [6.45, 7) is 3.92. The summed E-state index contributed by atoms with van der Waals surface area (Å²) in [5.74, 6) is 0.329. The van der Waals surface area contributed by atoms with Crippen molar-refractivity contribution in [2.75, 3.05) is 13.1 Å². The fourth-order valence-corrected chi connectivity index (χ4v) is 3.12. The van der Waals surface area contributed by atoms with E-state index in [-0.39, 0.29) is 0 Å². The Morgan fingerprint density at radius 3 is 3.00 bits per heavy atom. The fraction of sp³-hybridized carbons (Fsp3) is 0.500. The van der Waals surface area contributed by atoms with Crippen LogP contribution in [0.15, 0.2) is 24.3 Å². The van der Waals surface area contributed by atoms with Gasteiger partial charge in [-0.25, -0.2) is 0 Å². The Morgan fingerprint density at radius 1 is 1.35 bits per heavy atom. The zero-order chi connectivity index (χ0) is 11.8. The number of aryl methyl sites for hydroxylation is 1. The molecule has 3 heteroatoms. The van der Waals surface area contributed by atoms with Crippen molar-refractivity contribution in [1.29, 1.82) is 0 Å². The molecule has 0 aliphatic carbocycles. The number of carbonyl (C=O) groups excluding carboxylic acids is 1. The quantitative estimate of drug-likeness (QED) is 0.795. The molecule has 1 N–H and O–H groups in total. The molecule has 2 saturated heterocycles. The molecule has 0 radical (unpaired) electrons. The Kier molecular flexibility index (Phi) is 2.63. The highest BCUT2D eigenvalue weighted by Gasteiger charge is 2.39. The molecule has 90 valence electrons. The van der Waals surface area contributed by atoms with Gasteiger partial charge in [-0.3, -0.25) is 4.79 Å². The number of amides is 1. The van der Waals surface area contributed by atoms with E-state index in [9.17, 15) is 4.79 Å². The van der Waals surface area contributed by atoms with Crippen molar-refractivity contribution >= 4 is 5.91 Å². The van der Waals surface area contributed by atoms with E-state index in [1.165, 1.54) is 11.1 Å². The molecule has 1 aromatic carbocycles. The fourth-order valence-electron chi connectivity index (χ4n) is 3.12. The van der Waals surface area contributed by atoms with E-state index < -0.39 is 0 Å². The van der Waals surface area contributed by atoms with E-state index in [1.807, 2.05) is 0 Å². The lowest BCUT2D eigenvalue weighted by Crippen LogP contribution is -2.51. The van der Waals surface area contributed by atoms with Crippen LogP contribution in [0.25, 0.3) is 0 Å². The first-order chi connectivity index (χ1) is 8.27. The first-order valence-corrected chi connectivity index (χ1v) is 6.36. The van der Waals surface area contributed by atoms with E-state index >= 15 is 0 Å². The van der Waals surface area contributed by atoms with E-state index in [1.54, 1.807) is 0 Å². The average Bonchev–Trinajstić information content (AvgIpc) is 2.72. The lowest BCUT2D eigenvalue weighted by Gasteiger charge is -2.38. The monoisotopic (exact) mass is 230 g/mol. The number of nitrogens with one attached hydrogen (secondary N) is 1. The summed E-state index contributed by atoms with van der Waals surface area (Å²) < 4.78 is 0. The van der Waals surface area contributed by atoms with Crippen LogP contribution in [0.3, 0.4) is 0 Å². The van der Waals surface area contributed by atoms with Crippen LogP contribution in [0.1, 0.15) is 30.0 Å².